The van der Waals surface area contributed by atoms with Crippen molar-refractivity contribution in [2.45, 2.75) is 32.5 Å². The lowest BCUT2D eigenvalue weighted by Gasteiger charge is -2.24. The Kier molecular flexibility index (Phi) is 5.79. The maximum atomic E-state index is 10.1. The quantitative estimate of drug-likeness (QED) is 0.843. The van der Waals surface area contributed by atoms with Crippen LogP contribution in [0.3, 0.4) is 0 Å². The van der Waals surface area contributed by atoms with E-state index in [-0.39, 0.29) is 5.60 Å². The molecule has 0 bridgehead atoms. The van der Waals surface area contributed by atoms with E-state index >= 15 is 0 Å². The zero-order valence-electron chi connectivity index (χ0n) is 11.9. The van der Waals surface area contributed by atoms with E-state index in [2.05, 4.69) is 4.90 Å². The van der Waals surface area contributed by atoms with Crippen LogP contribution < -0.4 is 0 Å². The van der Waals surface area contributed by atoms with Crippen molar-refractivity contribution in [1.82, 2.24) is 4.90 Å². The number of hydrogen-bond donors (Lipinski definition) is 1. The van der Waals surface area contributed by atoms with Gasteiger partial charge in [0.15, 0.2) is 0 Å². The minimum atomic E-state index is -0.439. The van der Waals surface area contributed by atoms with E-state index in [1.165, 1.54) is 0 Å². The van der Waals surface area contributed by atoms with E-state index in [0.29, 0.717) is 13.2 Å². The van der Waals surface area contributed by atoms with Gasteiger partial charge in [0.1, 0.15) is 0 Å². The molecule has 0 aromatic heterocycles. The first-order chi connectivity index (χ1) is 8.38. The Hall–Kier alpha value is -0.900. The second kappa shape index (κ2) is 6.88. The molecule has 0 radical (unpaired) electrons. The van der Waals surface area contributed by atoms with E-state index in [1.807, 2.05) is 58.2 Å². The predicted octanol–water partition coefficient (Wildman–Crippen LogP) is 2.47. The first-order valence-corrected chi connectivity index (χ1v) is 6.44. The van der Waals surface area contributed by atoms with Gasteiger partial charge in [-0.2, -0.15) is 0 Å². The second-order valence-corrected chi connectivity index (χ2v) is 5.65. The Labute approximate surface area is 110 Å². The summed E-state index contributed by atoms with van der Waals surface area (Å²) in [5.41, 5.74) is 0.861. The largest absolute Gasteiger partial charge is 0.387 e. The zero-order chi connectivity index (χ0) is 13.6. The average molecular weight is 251 g/mol. The maximum Gasteiger partial charge on any atom is 0.0916 e. The van der Waals surface area contributed by atoms with Crippen LogP contribution in [0.1, 0.15) is 32.4 Å². The highest BCUT2D eigenvalue weighted by Gasteiger charge is 2.12. The average Bonchev–Trinajstić information content (AvgIpc) is 2.28. The van der Waals surface area contributed by atoms with Gasteiger partial charge in [0.25, 0.3) is 0 Å². The molecule has 0 saturated carbocycles. The van der Waals surface area contributed by atoms with Crippen molar-refractivity contribution in [2.75, 3.05) is 26.7 Å². The van der Waals surface area contributed by atoms with Crippen molar-refractivity contribution in [1.29, 1.82) is 0 Å². The van der Waals surface area contributed by atoms with Crippen LogP contribution in [0, 0.1) is 0 Å². The first kappa shape index (κ1) is 15.2. The molecular formula is C15H25NO2. The highest BCUT2D eigenvalue weighted by Crippen LogP contribution is 2.13. The van der Waals surface area contributed by atoms with Gasteiger partial charge >= 0.3 is 0 Å². The van der Waals surface area contributed by atoms with Crippen LogP contribution in [0.4, 0.5) is 0 Å². The first-order valence-electron chi connectivity index (χ1n) is 6.44. The standard InChI is InChI=1S/C15H25NO2/c1-15(2,3)18-11-10-16(4)12-14(17)13-8-6-5-7-9-13/h5-9,14,17H,10-12H2,1-4H3. The van der Waals surface area contributed by atoms with Crippen LogP contribution in [0.15, 0.2) is 30.3 Å². The van der Waals surface area contributed by atoms with E-state index in [4.69, 9.17) is 4.74 Å². The van der Waals surface area contributed by atoms with Gasteiger partial charge in [-0.25, -0.2) is 0 Å². The zero-order valence-corrected chi connectivity index (χ0v) is 11.9. The third-order valence-corrected chi connectivity index (χ3v) is 2.68. The van der Waals surface area contributed by atoms with Gasteiger partial charge in [0, 0.05) is 13.1 Å². The van der Waals surface area contributed by atoms with Gasteiger partial charge < -0.3 is 14.7 Å². The Balaban J connectivity index is 2.30. The highest BCUT2D eigenvalue weighted by atomic mass is 16.5. The normalized spacial score (nSPS) is 13.9. The van der Waals surface area contributed by atoms with E-state index in [1.54, 1.807) is 0 Å². The lowest BCUT2D eigenvalue weighted by molar-refractivity contribution is -0.0141. The Morgan fingerprint density at radius 3 is 2.39 bits per heavy atom. The summed E-state index contributed by atoms with van der Waals surface area (Å²) in [5, 5.41) is 10.1. The summed E-state index contributed by atoms with van der Waals surface area (Å²) in [7, 11) is 2.00. The molecule has 18 heavy (non-hydrogen) atoms. The Morgan fingerprint density at radius 1 is 1.22 bits per heavy atom. The molecule has 102 valence electrons. The summed E-state index contributed by atoms with van der Waals surface area (Å²) in [6, 6.07) is 9.74. The second-order valence-electron chi connectivity index (χ2n) is 5.65. The molecule has 0 aliphatic heterocycles. The van der Waals surface area contributed by atoms with Crippen LogP contribution in [-0.4, -0.2) is 42.4 Å². The summed E-state index contributed by atoms with van der Waals surface area (Å²) >= 11 is 0. The van der Waals surface area contributed by atoms with Gasteiger partial charge in [-0.15, -0.1) is 0 Å². The fourth-order valence-corrected chi connectivity index (χ4v) is 1.67. The summed E-state index contributed by atoms with van der Waals surface area (Å²) in [6.07, 6.45) is -0.439. The number of aliphatic hydroxyl groups excluding tert-OH is 1. The molecule has 0 heterocycles. The van der Waals surface area contributed by atoms with Crippen LogP contribution in [0.5, 0.6) is 0 Å². The number of likely N-dealkylation sites (N-methyl/N-ethyl adjacent to an activating group) is 1. The van der Waals surface area contributed by atoms with E-state index in [0.717, 1.165) is 12.1 Å². The Morgan fingerprint density at radius 2 is 1.83 bits per heavy atom. The number of ether oxygens (including phenoxy) is 1. The lowest BCUT2D eigenvalue weighted by atomic mass is 10.1. The fourth-order valence-electron chi connectivity index (χ4n) is 1.67. The fraction of sp³-hybridized carbons (Fsp3) is 0.600. The van der Waals surface area contributed by atoms with Gasteiger partial charge in [-0.1, -0.05) is 30.3 Å². The van der Waals surface area contributed by atoms with Gasteiger partial charge in [0.05, 0.1) is 18.3 Å². The van der Waals surface area contributed by atoms with Crippen molar-refractivity contribution in [3.63, 3.8) is 0 Å². The smallest absolute Gasteiger partial charge is 0.0916 e. The molecule has 1 aromatic rings. The molecular weight excluding hydrogens is 226 g/mol. The summed E-state index contributed by atoms with van der Waals surface area (Å²) < 4.78 is 5.66. The van der Waals surface area contributed by atoms with Crippen LogP contribution in [0.2, 0.25) is 0 Å². The SMILES string of the molecule is CN(CCOC(C)(C)C)CC(O)c1ccccc1. The van der Waals surface area contributed by atoms with Gasteiger partial charge in [-0.3, -0.25) is 0 Å². The molecule has 1 atom stereocenters. The molecule has 0 fully saturated rings. The lowest BCUT2D eigenvalue weighted by Crippen LogP contribution is -2.31. The van der Waals surface area contributed by atoms with Crippen LogP contribution in [0.25, 0.3) is 0 Å². The summed E-state index contributed by atoms with van der Waals surface area (Å²) in [6.45, 7) is 8.27. The molecule has 0 saturated heterocycles. The predicted molar refractivity (Wildman–Crippen MR) is 74.6 cm³/mol. The molecule has 1 unspecified atom stereocenters. The molecule has 0 amide bonds. The topological polar surface area (TPSA) is 32.7 Å². The minimum absolute atomic E-state index is 0.0983. The molecule has 0 aliphatic carbocycles. The molecule has 1 rings (SSSR count). The van der Waals surface area contributed by atoms with Gasteiger partial charge in [-0.05, 0) is 33.4 Å². The van der Waals surface area contributed by atoms with E-state index < -0.39 is 6.10 Å². The number of nitrogens with zero attached hydrogens (tertiary/aromatic N) is 1. The number of hydrogen-bond acceptors (Lipinski definition) is 3. The summed E-state index contributed by atoms with van der Waals surface area (Å²) in [5.74, 6) is 0. The molecule has 3 heteroatoms. The third kappa shape index (κ3) is 6.15. The molecule has 0 spiro atoms. The van der Waals surface area contributed by atoms with Crippen LogP contribution >= 0.6 is 0 Å². The molecule has 1 N–H and O–H groups in total. The monoisotopic (exact) mass is 251 g/mol. The van der Waals surface area contributed by atoms with Crippen molar-refractivity contribution in [3.8, 4) is 0 Å². The summed E-state index contributed by atoms with van der Waals surface area (Å²) in [4.78, 5) is 2.09. The third-order valence-electron chi connectivity index (χ3n) is 2.68. The minimum Gasteiger partial charge on any atom is -0.387 e. The van der Waals surface area contributed by atoms with Crippen molar-refractivity contribution >= 4 is 0 Å². The highest BCUT2D eigenvalue weighted by molar-refractivity contribution is 5.17. The number of benzene rings is 1. The number of aliphatic hydroxyl groups is 1. The van der Waals surface area contributed by atoms with Crippen molar-refractivity contribution in [3.05, 3.63) is 35.9 Å². The molecule has 3 nitrogen and oxygen atoms in total. The molecule has 0 aliphatic rings. The maximum absolute atomic E-state index is 10.1. The van der Waals surface area contributed by atoms with E-state index in [9.17, 15) is 5.11 Å². The Bertz CT molecular complexity index is 332. The van der Waals surface area contributed by atoms with Crippen molar-refractivity contribution < 1.29 is 9.84 Å². The van der Waals surface area contributed by atoms with Gasteiger partial charge in [0.2, 0.25) is 0 Å². The van der Waals surface area contributed by atoms with Crippen molar-refractivity contribution in [2.24, 2.45) is 0 Å². The number of rotatable bonds is 6. The molecule has 1 aromatic carbocycles. The van der Waals surface area contributed by atoms with Crippen LogP contribution in [-0.2, 0) is 4.74 Å².